The number of thioether (sulfide) groups is 1. The first kappa shape index (κ1) is 12.7. The molecular weight excluding hydrogens is 226 g/mol. The summed E-state index contributed by atoms with van der Waals surface area (Å²) in [7, 11) is 0. The highest BCUT2D eigenvalue weighted by Gasteiger charge is 2.28. The van der Waals surface area contributed by atoms with E-state index in [4.69, 9.17) is 4.99 Å². The summed E-state index contributed by atoms with van der Waals surface area (Å²) < 4.78 is 0. The second kappa shape index (κ2) is 4.16. The Labute approximate surface area is 109 Å². The molecule has 2 rings (SSSR count). The summed E-state index contributed by atoms with van der Waals surface area (Å²) in [6.07, 6.45) is 3.17. The van der Waals surface area contributed by atoms with Crippen molar-refractivity contribution in [3.05, 3.63) is 33.9 Å². The zero-order valence-electron chi connectivity index (χ0n) is 11.6. The molecule has 0 unspecified atom stereocenters. The van der Waals surface area contributed by atoms with Crippen LogP contribution in [-0.2, 0) is 6.42 Å². The Balaban J connectivity index is 2.71. The summed E-state index contributed by atoms with van der Waals surface area (Å²) in [5.74, 6) is 0. The van der Waals surface area contributed by atoms with Gasteiger partial charge in [-0.05, 0) is 69.5 Å². The summed E-state index contributed by atoms with van der Waals surface area (Å²) in [6, 6.07) is 2.35. The molecule has 1 heterocycles. The van der Waals surface area contributed by atoms with Gasteiger partial charge in [-0.1, -0.05) is 6.07 Å². The van der Waals surface area contributed by atoms with Crippen LogP contribution in [0.25, 0.3) is 0 Å². The lowest BCUT2D eigenvalue weighted by Gasteiger charge is -2.30. The van der Waals surface area contributed by atoms with E-state index in [1.54, 1.807) is 11.8 Å². The van der Waals surface area contributed by atoms with Gasteiger partial charge in [0.1, 0.15) is 0 Å². The van der Waals surface area contributed by atoms with Crippen LogP contribution in [0.3, 0.4) is 0 Å². The third-order valence-electron chi connectivity index (χ3n) is 3.68. The van der Waals surface area contributed by atoms with Crippen molar-refractivity contribution in [3.63, 3.8) is 0 Å². The minimum absolute atomic E-state index is 0.0412. The summed E-state index contributed by atoms with van der Waals surface area (Å²) >= 11 is 1.77. The summed E-state index contributed by atoms with van der Waals surface area (Å²) in [6.45, 7) is 11.1. The molecule has 1 nitrogen and oxygen atoms in total. The van der Waals surface area contributed by atoms with Gasteiger partial charge in [-0.25, -0.2) is 0 Å². The maximum absolute atomic E-state index is 4.89. The largest absolute Gasteiger partial charge is 0.271 e. The molecule has 0 radical (unpaired) electrons. The number of aryl methyl sites for hydroxylation is 1. The summed E-state index contributed by atoms with van der Waals surface area (Å²) in [5, 5.41) is 1.21. The van der Waals surface area contributed by atoms with E-state index < -0.39 is 0 Å². The van der Waals surface area contributed by atoms with Crippen LogP contribution in [0.2, 0.25) is 0 Å². The van der Waals surface area contributed by atoms with Gasteiger partial charge in [-0.2, -0.15) is 0 Å². The van der Waals surface area contributed by atoms with Crippen molar-refractivity contribution in [3.8, 4) is 0 Å². The van der Waals surface area contributed by atoms with Crippen molar-refractivity contribution >= 4 is 16.8 Å². The Morgan fingerprint density at radius 2 is 1.82 bits per heavy atom. The average Bonchev–Trinajstić information content (AvgIpc) is 2.23. The number of hydrogen-bond acceptors (Lipinski definition) is 2. The van der Waals surface area contributed by atoms with Crippen LogP contribution >= 0.6 is 11.8 Å². The van der Waals surface area contributed by atoms with Crippen LogP contribution in [0.15, 0.2) is 11.1 Å². The molecule has 0 saturated heterocycles. The predicted molar refractivity (Wildman–Crippen MR) is 78.5 cm³/mol. The number of hydrogen-bond donors (Lipinski definition) is 0. The van der Waals surface area contributed by atoms with E-state index in [1.165, 1.54) is 32.9 Å². The Morgan fingerprint density at radius 1 is 1.18 bits per heavy atom. The van der Waals surface area contributed by atoms with Gasteiger partial charge in [0.05, 0.1) is 10.6 Å². The van der Waals surface area contributed by atoms with E-state index in [-0.39, 0.29) is 5.54 Å². The van der Waals surface area contributed by atoms with Crippen LogP contribution in [0.1, 0.15) is 41.7 Å². The first-order chi connectivity index (χ1) is 7.85. The van der Waals surface area contributed by atoms with Crippen molar-refractivity contribution < 1.29 is 0 Å². The predicted octanol–water partition coefficient (Wildman–Crippen LogP) is 4.06. The molecule has 0 spiro atoms. The fourth-order valence-electron chi connectivity index (χ4n) is 2.59. The Morgan fingerprint density at radius 3 is 2.41 bits per heavy atom. The van der Waals surface area contributed by atoms with Crippen LogP contribution in [0, 0.1) is 20.8 Å². The third-order valence-corrected chi connectivity index (χ3v) is 4.36. The fourth-order valence-corrected chi connectivity index (χ4v) is 3.41. The molecule has 0 saturated carbocycles. The first-order valence-electron chi connectivity index (χ1n) is 6.09. The van der Waals surface area contributed by atoms with Crippen LogP contribution in [-0.4, -0.2) is 16.8 Å². The Kier molecular flexibility index (Phi) is 3.11. The lowest BCUT2D eigenvalue weighted by atomic mass is 9.85. The second-order valence-corrected chi connectivity index (χ2v) is 6.38. The highest BCUT2D eigenvalue weighted by molar-refractivity contribution is 8.13. The van der Waals surface area contributed by atoms with Crippen molar-refractivity contribution in [2.75, 3.05) is 6.26 Å². The molecule has 0 amide bonds. The van der Waals surface area contributed by atoms with Gasteiger partial charge in [0.15, 0.2) is 0 Å². The number of nitrogens with zero attached hydrogens (tertiary/aromatic N) is 1. The lowest BCUT2D eigenvalue weighted by molar-refractivity contribution is 0.514. The zero-order chi connectivity index (χ0) is 12.8. The number of benzene rings is 1. The molecular formula is C15H21NS. The molecule has 1 aromatic carbocycles. The molecule has 0 atom stereocenters. The molecule has 0 aliphatic carbocycles. The van der Waals surface area contributed by atoms with Crippen molar-refractivity contribution in [1.29, 1.82) is 0 Å². The molecule has 0 aromatic heterocycles. The van der Waals surface area contributed by atoms with E-state index in [9.17, 15) is 0 Å². The number of fused-ring (bicyclic) bond motifs is 1. The van der Waals surface area contributed by atoms with E-state index in [0.717, 1.165) is 6.42 Å². The van der Waals surface area contributed by atoms with E-state index >= 15 is 0 Å². The molecule has 1 aliphatic rings. The normalized spacial score (nSPS) is 17.6. The van der Waals surface area contributed by atoms with Crippen LogP contribution < -0.4 is 0 Å². The molecule has 0 N–H and O–H groups in total. The maximum atomic E-state index is 4.89. The average molecular weight is 247 g/mol. The SMILES string of the molecule is CSC1=NC(C)(C)Cc2cc(C)c(C)c(C)c21. The van der Waals surface area contributed by atoms with E-state index in [0.29, 0.717) is 0 Å². The first-order valence-corrected chi connectivity index (χ1v) is 7.32. The van der Waals surface area contributed by atoms with Crippen molar-refractivity contribution in [2.45, 2.75) is 46.6 Å². The molecule has 2 heteroatoms. The van der Waals surface area contributed by atoms with E-state index in [2.05, 4.69) is 46.9 Å². The monoisotopic (exact) mass is 247 g/mol. The smallest absolute Gasteiger partial charge is 0.0986 e. The Bertz CT molecular complexity index is 498. The van der Waals surface area contributed by atoms with Gasteiger partial charge in [-0.3, -0.25) is 4.99 Å². The van der Waals surface area contributed by atoms with Gasteiger partial charge in [0.25, 0.3) is 0 Å². The molecule has 1 aliphatic heterocycles. The quantitative estimate of drug-likeness (QED) is 0.673. The highest BCUT2D eigenvalue weighted by atomic mass is 32.2. The van der Waals surface area contributed by atoms with Gasteiger partial charge in [0, 0.05) is 5.56 Å². The maximum Gasteiger partial charge on any atom is 0.0986 e. The molecule has 1 aromatic rings. The molecule has 0 fully saturated rings. The minimum atomic E-state index is 0.0412. The van der Waals surface area contributed by atoms with Crippen molar-refractivity contribution in [1.82, 2.24) is 0 Å². The summed E-state index contributed by atoms with van der Waals surface area (Å²) in [5.41, 5.74) is 7.11. The third kappa shape index (κ3) is 2.15. The minimum Gasteiger partial charge on any atom is -0.271 e. The molecule has 17 heavy (non-hydrogen) atoms. The topological polar surface area (TPSA) is 12.4 Å². The highest BCUT2D eigenvalue weighted by Crippen LogP contribution is 2.34. The summed E-state index contributed by atoms with van der Waals surface area (Å²) in [4.78, 5) is 4.89. The van der Waals surface area contributed by atoms with Gasteiger partial charge in [-0.15, -0.1) is 11.8 Å². The van der Waals surface area contributed by atoms with Crippen LogP contribution in [0.5, 0.6) is 0 Å². The van der Waals surface area contributed by atoms with Crippen molar-refractivity contribution in [2.24, 2.45) is 4.99 Å². The Hall–Kier alpha value is -0.760. The van der Waals surface area contributed by atoms with E-state index in [1.807, 2.05) is 0 Å². The van der Waals surface area contributed by atoms with Gasteiger partial charge in [0.2, 0.25) is 0 Å². The lowest BCUT2D eigenvalue weighted by Crippen LogP contribution is -2.28. The standard InChI is InChI=1S/C15H21NS/c1-9-7-12-8-15(4,5)16-14(17-6)13(12)11(3)10(9)2/h7H,8H2,1-6H3. The van der Waals surface area contributed by atoms with Gasteiger partial charge >= 0.3 is 0 Å². The molecule has 0 bridgehead atoms. The fraction of sp³-hybridized carbons (Fsp3) is 0.533. The number of aliphatic imine (C=N–C) groups is 1. The zero-order valence-corrected chi connectivity index (χ0v) is 12.5. The van der Waals surface area contributed by atoms with Gasteiger partial charge < -0.3 is 0 Å². The number of rotatable bonds is 0. The van der Waals surface area contributed by atoms with Crippen LogP contribution in [0.4, 0.5) is 0 Å². The second-order valence-electron chi connectivity index (χ2n) is 5.59. The molecule has 92 valence electrons.